The van der Waals surface area contributed by atoms with Crippen molar-refractivity contribution >= 4 is 5.69 Å². The van der Waals surface area contributed by atoms with Gasteiger partial charge in [-0.15, -0.1) is 0 Å². The molecule has 5 rings (SSSR count). The van der Waals surface area contributed by atoms with Gasteiger partial charge in [-0.2, -0.15) is 5.10 Å². The normalized spacial score (nSPS) is 13.8. The van der Waals surface area contributed by atoms with E-state index < -0.39 is 0 Å². The van der Waals surface area contributed by atoms with Crippen LogP contribution in [0.15, 0.2) is 85.3 Å². The molecule has 0 atom stereocenters. The second-order valence-electron chi connectivity index (χ2n) is 9.95. The highest BCUT2D eigenvalue weighted by Gasteiger charge is 2.12. The fraction of sp³-hybridized carbons (Fsp3) is 0.375. The van der Waals surface area contributed by atoms with Gasteiger partial charge in [0.05, 0.1) is 58.1 Å². The van der Waals surface area contributed by atoms with E-state index in [-0.39, 0.29) is 0 Å². The van der Waals surface area contributed by atoms with Crippen LogP contribution in [0, 0.1) is 0 Å². The van der Waals surface area contributed by atoms with Crippen LogP contribution in [0.2, 0.25) is 0 Å². The predicted octanol–water partition coefficient (Wildman–Crippen LogP) is 4.35. The fourth-order valence-electron chi connectivity index (χ4n) is 4.78. The summed E-state index contributed by atoms with van der Waals surface area (Å²) in [6.45, 7) is 8.21. The summed E-state index contributed by atoms with van der Waals surface area (Å²) in [5.74, 6) is 0.849. The van der Waals surface area contributed by atoms with Gasteiger partial charge < -0.3 is 23.8 Å². The Morgan fingerprint density at radius 2 is 1.68 bits per heavy atom. The lowest BCUT2D eigenvalue weighted by Crippen LogP contribution is -2.38. The molecule has 0 amide bonds. The van der Waals surface area contributed by atoms with E-state index in [1.54, 1.807) is 13.3 Å². The van der Waals surface area contributed by atoms with Crippen molar-refractivity contribution in [1.82, 2.24) is 19.7 Å². The smallest absolute Gasteiger partial charge is 0.119 e. The Labute approximate surface area is 242 Å². The van der Waals surface area contributed by atoms with E-state index in [4.69, 9.17) is 18.9 Å². The molecule has 1 saturated heterocycles. The zero-order valence-electron chi connectivity index (χ0n) is 23.7. The minimum absolute atomic E-state index is 0.437. The van der Waals surface area contributed by atoms with Gasteiger partial charge in [-0.3, -0.25) is 9.88 Å². The molecule has 3 heterocycles. The molecule has 1 fully saturated rings. The lowest BCUT2D eigenvalue weighted by molar-refractivity contribution is 0.00553. The molecule has 0 saturated carbocycles. The van der Waals surface area contributed by atoms with Crippen LogP contribution in [0.3, 0.4) is 0 Å². The first-order valence-corrected chi connectivity index (χ1v) is 14.1. The van der Waals surface area contributed by atoms with Gasteiger partial charge in [0.15, 0.2) is 0 Å². The van der Waals surface area contributed by atoms with Crippen molar-refractivity contribution in [3.8, 4) is 11.4 Å². The fourth-order valence-corrected chi connectivity index (χ4v) is 4.78. The molecular weight excluding hydrogens is 518 g/mol. The first kappa shape index (κ1) is 28.8. The molecule has 1 aliphatic heterocycles. The molecule has 0 unspecified atom stereocenters. The number of methoxy groups -OCH3 is 1. The Kier molecular flexibility index (Phi) is 10.7. The zero-order valence-corrected chi connectivity index (χ0v) is 23.7. The van der Waals surface area contributed by atoms with Gasteiger partial charge in [0.25, 0.3) is 0 Å². The molecular formula is C32H39N5O4. The summed E-state index contributed by atoms with van der Waals surface area (Å²) in [7, 11) is 1.70. The van der Waals surface area contributed by atoms with E-state index in [1.807, 2.05) is 35.3 Å². The molecule has 0 aliphatic carbocycles. The van der Waals surface area contributed by atoms with Crippen LogP contribution in [0.1, 0.15) is 16.8 Å². The molecule has 2 aromatic heterocycles. The maximum Gasteiger partial charge on any atom is 0.119 e. The number of pyridine rings is 1. The Bertz CT molecular complexity index is 1310. The molecule has 0 bridgehead atoms. The van der Waals surface area contributed by atoms with Crippen molar-refractivity contribution in [1.29, 1.82) is 0 Å². The van der Waals surface area contributed by atoms with Crippen LogP contribution >= 0.6 is 0 Å². The van der Waals surface area contributed by atoms with Gasteiger partial charge in [0.2, 0.25) is 0 Å². The summed E-state index contributed by atoms with van der Waals surface area (Å²) in [6.07, 6.45) is 5.59. The van der Waals surface area contributed by atoms with E-state index in [0.29, 0.717) is 26.4 Å². The molecule has 1 aliphatic rings. The first-order chi connectivity index (χ1) is 20.3. The SMILES string of the molecule is COc1cccc(CN(Cc2ccc(-n3cccn3)cc2)c2ccnc(COCCOCCN3CCOCC3)c2)c1. The average molecular weight is 558 g/mol. The topological polar surface area (TPSA) is 74.1 Å². The first-order valence-electron chi connectivity index (χ1n) is 14.1. The average Bonchev–Trinajstić information content (AvgIpc) is 3.57. The van der Waals surface area contributed by atoms with E-state index in [9.17, 15) is 0 Å². The van der Waals surface area contributed by atoms with Crippen LogP contribution in [0.4, 0.5) is 5.69 Å². The lowest BCUT2D eigenvalue weighted by atomic mass is 10.1. The van der Waals surface area contributed by atoms with Crippen molar-refractivity contribution in [3.63, 3.8) is 0 Å². The Morgan fingerprint density at radius 3 is 2.49 bits per heavy atom. The largest absolute Gasteiger partial charge is 0.497 e. The monoisotopic (exact) mass is 557 g/mol. The molecule has 216 valence electrons. The van der Waals surface area contributed by atoms with E-state index in [1.165, 1.54) is 11.1 Å². The summed E-state index contributed by atoms with van der Waals surface area (Å²) < 4.78 is 24.4. The van der Waals surface area contributed by atoms with Crippen molar-refractivity contribution < 1.29 is 18.9 Å². The Morgan fingerprint density at radius 1 is 0.854 bits per heavy atom. The second kappa shape index (κ2) is 15.3. The Balaban J connectivity index is 1.19. The van der Waals surface area contributed by atoms with Crippen molar-refractivity contribution in [2.75, 3.05) is 64.7 Å². The van der Waals surface area contributed by atoms with E-state index in [0.717, 1.165) is 68.8 Å². The zero-order chi connectivity index (χ0) is 28.1. The molecule has 9 heteroatoms. The lowest BCUT2D eigenvalue weighted by Gasteiger charge is -2.26. The summed E-state index contributed by atoms with van der Waals surface area (Å²) in [5.41, 5.74) is 5.38. The van der Waals surface area contributed by atoms with Crippen LogP contribution in [0.5, 0.6) is 5.75 Å². The van der Waals surface area contributed by atoms with Gasteiger partial charge in [0, 0.05) is 57.0 Å². The predicted molar refractivity (Wildman–Crippen MR) is 158 cm³/mol. The van der Waals surface area contributed by atoms with E-state index in [2.05, 4.69) is 68.4 Å². The van der Waals surface area contributed by atoms with Crippen LogP contribution in [-0.2, 0) is 33.9 Å². The third kappa shape index (κ3) is 8.86. The number of hydrogen-bond donors (Lipinski definition) is 0. The van der Waals surface area contributed by atoms with Crippen molar-refractivity contribution in [2.45, 2.75) is 19.7 Å². The number of anilines is 1. The van der Waals surface area contributed by atoms with Gasteiger partial charge in [0.1, 0.15) is 5.75 Å². The molecule has 9 nitrogen and oxygen atoms in total. The highest BCUT2D eigenvalue weighted by atomic mass is 16.5. The molecule has 0 radical (unpaired) electrons. The molecule has 41 heavy (non-hydrogen) atoms. The third-order valence-corrected chi connectivity index (χ3v) is 7.03. The number of hydrogen-bond acceptors (Lipinski definition) is 8. The van der Waals surface area contributed by atoms with E-state index >= 15 is 0 Å². The van der Waals surface area contributed by atoms with Crippen LogP contribution in [-0.4, -0.2) is 79.4 Å². The standard InChI is InChI=1S/C32H39N5O4/c1-38-32-5-2-4-28(22-32)25-36(24-27-6-8-30(9-7-27)37-13-3-11-34-37)31-10-12-33-29(23-31)26-41-21-20-40-19-16-35-14-17-39-18-15-35/h2-13,22-23H,14-21,24-26H2,1H3. The minimum Gasteiger partial charge on any atom is -0.497 e. The molecule has 0 spiro atoms. The maximum absolute atomic E-state index is 5.90. The Hall–Kier alpha value is -3.76. The summed E-state index contributed by atoms with van der Waals surface area (Å²) >= 11 is 0. The molecule has 0 N–H and O–H groups in total. The number of morpholine rings is 1. The van der Waals surface area contributed by atoms with Gasteiger partial charge in [-0.1, -0.05) is 24.3 Å². The number of rotatable bonds is 15. The van der Waals surface area contributed by atoms with Crippen molar-refractivity contribution in [2.24, 2.45) is 0 Å². The number of nitrogens with zero attached hydrogens (tertiary/aromatic N) is 5. The quantitative estimate of drug-likeness (QED) is 0.200. The minimum atomic E-state index is 0.437. The second-order valence-corrected chi connectivity index (χ2v) is 9.95. The van der Waals surface area contributed by atoms with Crippen molar-refractivity contribution in [3.05, 3.63) is 102 Å². The third-order valence-electron chi connectivity index (χ3n) is 7.03. The molecule has 4 aromatic rings. The number of benzene rings is 2. The maximum atomic E-state index is 5.90. The number of aromatic nitrogens is 3. The van der Waals surface area contributed by atoms with Crippen LogP contribution in [0.25, 0.3) is 5.69 Å². The van der Waals surface area contributed by atoms with Crippen LogP contribution < -0.4 is 9.64 Å². The summed E-state index contributed by atoms with van der Waals surface area (Å²) in [6, 6.07) is 22.8. The van der Waals surface area contributed by atoms with Gasteiger partial charge >= 0.3 is 0 Å². The molecule has 2 aromatic carbocycles. The van der Waals surface area contributed by atoms with Gasteiger partial charge in [-0.05, 0) is 53.6 Å². The number of ether oxygens (including phenoxy) is 4. The van der Waals surface area contributed by atoms with Gasteiger partial charge in [-0.25, -0.2) is 4.68 Å². The summed E-state index contributed by atoms with van der Waals surface area (Å²) in [4.78, 5) is 9.27. The highest BCUT2D eigenvalue weighted by Crippen LogP contribution is 2.23. The summed E-state index contributed by atoms with van der Waals surface area (Å²) in [5, 5.41) is 4.33. The highest BCUT2D eigenvalue weighted by molar-refractivity contribution is 5.49.